The maximum Gasteiger partial charge on any atom is 0.223 e. The van der Waals surface area contributed by atoms with E-state index in [2.05, 4.69) is 19.9 Å². The van der Waals surface area contributed by atoms with Crippen molar-refractivity contribution in [1.82, 2.24) is 4.90 Å². The highest BCUT2D eigenvalue weighted by atomic mass is 16.3. The van der Waals surface area contributed by atoms with Gasteiger partial charge in [0.25, 0.3) is 0 Å². The molecular weight excluding hydrogens is 252 g/mol. The quantitative estimate of drug-likeness (QED) is 0.834. The monoisotopic (exact) mass is 278 g/mol. The molecule has 1 fully saturated rings. The number of carbonyl (C=O) groups is 1. The van der Waals surface area contributed by atoms with E-state index in [0.717, 1.165) is 23.9 Å². The molecule has 1 heterocycles. The van der Waals surface area contributed by atoms with Crippen LogP contribution in [0.2, 0.25) is 0 Å². The maximum atomic E-state index is 12.1. The van der Waals surface area contributed by atoms with Crippen molar-refractivity contribution in [1.29, 1.82) is 0 Å². The molecule has 3 atom stereocenters. The molecule has 4 heteroatoms. The summed E-state index contributed by atoms with van der Waals surface area (Å²) in [5, 5.41) is 0. The second-order valence-corrected chi connectivity index (χ2v) is 6.09. The lowest BCUT2D eigenvalue weighted by Crippen LogP contribution is -2.29. The van der Waals surface area contributed by atoms with Crippen molar-refractivity contribution in [2.24, 2.45) is 17.6 Å². The standard InChI is InChI=1S/C16H26N2O2/c1-4-12(9-17)8-16(19)18(3)10-13-5-6-15(20-13)14-7-11(14)2/h5-6,11-12,14H,4,7-10,17H2,1-3H3. The summed E-state index contributed by atoms with van der Waals surface area (Å²) >= 11 is 0. The highest BCUT2D eigenvalue weighted by Crippen LogP contribution is 2.47. The summed E-state index contributed by atoms with van der Waals surface area (Å²) in [6.45, 7) is 5.42. The Balaban J connectivity index is 1.85. The number of hydrogen-bond acceptors (Lipinski definition) is 3. The average molecular weight is 278 g/mol. The molecule has 0 saturated heterocycles. The fraction of sp³-hybridized carbons (Fsp3) is 0.688. The zero-order valence-corrected chi connectivity index (χ0v) is 12.8. The van der Waals surface area contributed by atoms with Crippen LogP contribution in [0.1, 0.15) is 50.5 Å². The van der Waals surface area contributed by atoms with Crippen molar-refractivity contribution in [3.05, 3.63) is 23.7 Å². The number of furan rings is 1. The van der Waals surface area contributed by atoms with E-state index in [4.69, 9.17) is 10.2 Å². The van der Waals surface area contributed by atoms with Gasteiger partial charge in [-0.1, -0.05) is 20.3 Å². The fourth-order valence-electron chi connectivity index (χ4n) is 2.52. The number of nitrogens with two attached hydrogens (primary N) is 1. The van der Waals surface area contributed by atoms with Gasteiger partial charge in [-0.2, -0.15) is 0 Å². The summed E-state index contributed by atoms with van der Waals surface area (Å²) in [6, 6.07) is 4.04. The molecule has 1 aromatic heterocycles. The Bertz CT molecular complexity index is 451. The predicted molar refractivity (Wildman–Crippen MR) is 79.2 cm³/mol. The normalized spacial score (nSPS) is 22.6. The molecule has 4 nitrogen and oxygen atoms in total. The molecule has 1 aliphatic rings. The minimum absolute atomic E-state index is 0.139. The summed E-state index contributed by atoms with van der Waals surface area (Å²) in [6.07, 6.45) is 2.69. The number of nitrogens with zero attached hydrogens (tertiary/aromatic N) is 1. The van der Waals surface area contributed by atoms with Crippen LogP contribution in [0.4, 0.5) is 0 Å². The minimum atomic E-state index is 0.139. The number of hydrogen-bond donors (Lipinski definition) is 1. The summed E-state index contributed by atoms with van der Waals surface area (Å²) in [4.78, 5) is 13.8. The van der Waals surface area contributed by atoms with Crippen molar-refractivity contribution in [3.8, 4) is 0 Å². The van der Waals surface area contributed by atoms with Gasteiger partial charge in [0.05, 0.1) is 6.54 Å². The molecule has 3 unspecified atom stereocenters. The highest BCUT2D eigenvalue weighted by molar-refractivity contribution is 5.76. The Morgan fingerprint density at radius 2 is 2.25 bits per heavy atom. The molecule has 20 heavy (non-hydrogen) atoms. The maximum absolute atomic E-state index is 12.1. The van der Waals surface area contributed by atoms with Crippen molar-refractivity contribution < 1.29 is 9.21 Å². The molecule has 1 amide bonds. The van der Waals surface area contributed by atoms with E-state index in [0.29, 0.717) is 25.4 Å². The molecular formula is C16H26N2O2. The van der Waals surface area contributed by atoms with Crippen molar-refractivity contribution in [2.75, 3.05) is 13.6 Å². The van der Waals surface area contributed by atoms with E-state index in [1.54, 1.807) is 4.90 Å². The summed E-state index contributed by atoms with van der Waals surface area (Å²) in [5.41, 5.74) is 5.65. The van der Waals surface area contributed by atoms with E-state index in [1.165, 1.54) is 6.42 Å². The van der Waals surface area contributed by atoms with Gasteiger partial charge in [0.2, 0.25) is 5.91 Å². The van der Waals surface area contributed by atoms with Gasteiger partial charge in [-0.25, -0.2) is 0 Å². The van der Waals surface area contributed by atoms with Gasteiger partial charge in [-0.15, -0.1) is 0 Å². The van der Waals surface area contributed by atoms with Gasteiger partial charge in [0.15, 0.2) is 0 Å². The third-order valence-electron chi connectivity index (χ3n) is 4.35. The SMILES string of the molecule is CCC(CN)CC(=O)N(C)Cc1ccc(C2CC2C)o1. The zero-order valence-electron chi connectivity index (χ0n) is 12.8. The van der Waals surface area contributed by atoms with Crippen molar-refractivity contribution in [3.63, 3.8) is 0 Å². The second kappa shape index (κ2) is 6.44. The molecule has 2 N–H and O–H groups in total. The topological polar surface area (TPSA) is 59.5 Å². The van der Waals surface area contributed by atoms with Crippen LogP contribution in [-0.4, -0.2) is 24.4 Å². The van der Waals surface area contributed by atoms with Crippen LogP contribution in [-0.2, 0) is 11.3 Å². The molecule has 0 radical (unpaired) electrons. The molecule has 1 saturated carbocycles. The van der Waals surface area contributed by atoms with Crippen LogP contribution in [0.3, 0.4) is 0 Å². The predicted octanol–water partition coefficient (Wildman–Crippen LogP) is 2.74. The molecule has 0 aromatic carbocycles. The molecule has 0 spiro atoms. The third-order valence-corrected chi connectivity index (χ3v) is 4.35. The van der Waals surface area contributed by atoms with E-state index in [1.807, 2.05) is 13.1 Å². The van der Waals surface area contributed by atoms with Crippen LogP contribution in [0.25, 0.3) is 0 Å². The van der Waals surface area contributed by atoms with E-state index in [-0.39, 0.29) is 11.8 Å². The largest absolute Gasteiger partial charge is 0.464 e. The van der Waals surface area contributed by atoms with E-state index >= 15 is 0 Å². The first-order valence-corrected chi connectivity index (χ1v) is 7.57. The molecule has 2 rings (SSSR count). The smallest absolute Gasteiger partial charge is 0.223 e. The lowest BCUT2D eigenvalue weighted by Gasteiger charge is -2.19. The van der Waals surface area contributed by atoms with Gasteiger partial charge in [-0.05, 0) is 36.9 Å². The van der Waals surface area contributed by atoms with Gasteiger partial charge >= 0.3 is 0 Å². The molecule has 0 bridgehead atoms. The Kier molecular flexibility index (Phi) is 4.86. The number of carbonyl (C=O) groups excluding carboxylic acids is 1. The van der Waals surface area contributed by atoms with Gasteiger partial charge in [0, 0.05) is 19.4 Å². The van der Waals surface area contributed by atoms with Crippen molar-refractivity contribution in [2.45, 2.75) is 45.6 Å². The van der Waals surface area contributed by atoms with E-state index < -0.39 is 0 Å². The Morgan fingerprint density at radius 1 is 1.55 bits per heavy atom. The highest BCUT2D eigenvalue weighted by Gasteiger charge is 2.36. The summed E-state index contributed by atoms with van der Waals surface area (Å²) < 4.78 is 5.84. The minimum Gasteiger partial charge on any atom is -0.464 e. The molecule has 112 valence electrons. The van der Waals surface area contributed by atoms with Crippen LogP contribution >= 0.6 is 0 Å². The first kappa shape index (κ1) is 15.1. The van der Waals surface area contributed by atoms with Crippen LogP contribution < -0.4 is 5.73 Å². The lowest BCUT2D eigenvalue weighted by atomic mass is 10.0. The third kappa shape index (κ3) is 3.63. The molecule has 0 aliphatic heterocycles. The summed E-state index contributed by atoms with van der Waals surface area (Å²) in [5.74, 6) is 3.69. The van der Waals surface area contributed by atoms with Crippen molar-refractivity contribution >= 4 is 5.91 Å². The van der Waals surface area contributed by atoms with Crippen LogP contribution in [0.5, 0.6) is 0 Å². The lowest BCUT2D eigenvalue weighted by molar-refractivity contribution is -0.131. The Hall–Kier alpha value is -1.29. The van der Waals surface area contributed by atoms with Crippen LogP contribution in [0.15, 0.2) is 16.5 Å². The Labute approximate surface area is 121 Å². The van der Waals surface area contributed by atoms with Gasteiger partial charge in [-0.3, -0.25) is 4.79 Å². The Morgan fingerprint density at radius 3 is 2.80 bits per heavy atom. The van der Waals surface area contributed by atoms with Gasteiger partial charge < -0.3 is 15.1 Å². The summed E-state index contributed by atoms with van der Waals surface area (Å²) in [7, 11) is 1.83. The number of rotatable bonds is 7. The van der Waals surface area contributed by atoms with E-state index in [9.17, 15) is 4.79 Å². The first-order valence-electron chi connectivity index (χ1n) is 7.57. The molecule has 1 aliphatic carbocycles. The zero-order chi connectivity index (χ0) is 14.7. The fourth-order valence-corrected chi connectivity index (χ4v) is 2.52. The first-order chi connectivity index (χ1) is 9.55. The van der Waals surface area contributed by atoms with Gasteiger partial charge in [0.1, 0.15) is 11.5 Å². The second-order valence-electron chi connectivity index (χ2n) is 6.09. The number of amides is 1. The average Bonchev–Trinajstić information content (AvgIpc) is 2.99. The molecule has 1 aromatic rings. The van der Waals surface area contributed by atoms with Crippen LogP contribution in [0, 0.1) is 11.8 Å².